The van der Waals surface area contributed by atoms with E-state index < -0.39 is 5.54 Å². The molecule has 20 heavy (non-hydrogen) atoms. The summed E-state index contributed by atoms with van der Waals surface area (Å²) >= 11 is 0. The van der Waals surface area contributed by atoms with Gasteiger partial charge in [0.25, 0.3) is 0 Å². The van der Waals surface area contributed by atoms with Gasteiger partial charge in [-0.1, -0.05) is 30.3 Å². The molecule has 1 saturated heterocycles. The largest absolute Gasteiger partial charge is 0.368 e. The Morgan fingerprint density at radius 2 is 2.05 bits per heavy atom. The van der Waals surface area contributed by atoms with Crippen molar-refractivity contribution in [3.05, 3.63) is 35.9 Å². The van der Waals surface area contributed by atoms with Crippen molar-refractivity contribution < 1.29 is 4.79 Å². The van der Waals surface area contributed by atoms with E-state index in [1.807, 2.05) is 25.1 Å². The number of amides is 1. The van der Waals surface area contributed by atoms with Gasteiger partial charge in [-0.2, -0.15) is 0 Å². The molecule has 1 fully saturated rings. The van der Waals surface area contributed by atoms with E-state index in [1.165, 1.54) is 5.56 Å². The monoisotopic (exact) mass is 275 g/mol. The molecule has 0 saturated carbocycles. The number of primary amides is 1. The van der Waals surface area contributed by atoms with Crippen molar-refractivity contribution in [1.29, 1.82) is 0 Å². The number of rotatable bonds is 5. The van der Waals surface area contributed by atoms with E-state index in [4.69, 9.17) is 5.73 Å². The highest BCUT2D eigenvalue weighted by atomic mass is 16.1. The minimum absolute atomic E-state index is 0.213. The molecule has 3 N–H and O–H groups in total. The van der Waals surface area contributed by atoms with Crippen molar-refractivity contribution in [2.24, 2.45) is 5.73 Å². The number of benzene rings is 1. The third-order valence-corrected chi connectivity index (χ3v) is 4.31. The number of hydrogen-bond acceptors (Lipinski definition) is 3. The lowest BCUT2D eigenvalue weighted by molar-refractivity contribution is -0.129. The fourth-order valence-corrected chi connectivity index (χ4v) is 2.81. The second-order valence-corrected chi connectivity index (χ2v) is 5.71. The van der Waals surface area contributed by atoms with Gasteiger partial charge in [0.1, 0.15) is 0 Å². The molecule has 1 unspecified atom stereocenters. The predicted molar refractivity (Wildman–Crippen MR) is 81.4 cm³/mol. The minimum Gasteiger partial charge on any atom is -0.368 e. The van der Waals surface area contributed by atoms with Gasteiger partial charge >= 0.3 is 0 Å². The highest BCUT2D eigenvalue weighted by Crippen LogP contribution is 2.22. The fraction of sp³-hybridized carbons (Fsp3) is 0.562. The summed E-state index contributed by atoms with van der Waals surface area (Å²) < 4.78 is 0. The quantitative estimate of drug-likeness (QED) is 0.848. The fourth-order valence-electron chi connectivity index (χ4n) is 2.81. The lowest BCUT2D eigenvalue weighted by atomic mass is 9.90. The van der Waals surface area contributed by atoms with Crippen molar-refractivity contribution in [3.8, 4) is 0 Å². The van der Waals surface area contributed by atoms with E-state index in [0.717, 1.165) is 45.4 Å². The first kappa shape index (κ1) is 15.0. The third kappa shape index (κ3) is 3.58. The average molecular weight is 275 g/mol. The number of hydrogen-bond donors (Lipinski definition) is 2. The lowest BCUT2D eigenvalue weighted by Crippen LogP contribution is -2.56. The topological polar surface area (TPSA) is 58.4 Å². The van der Waals surface area contributed by atoms with Gasteiger partial charge in [0.15, 0.2) is 0 Å². The van der Waals surface area contributed by atoms with Crippen molar-refractivity contribution in [3.63, 3.8) is 0 Å². The number of nitrogens with one attached hydrogen (secondary N) is 1. The van der Waals surface area contributed by atoms with Gasteiger partial charge in [0.05, 0.1) is 5.54 Å². The van der Waals surface area contributed by atoms with Gasteiger partial charge in [-0.15, -0.1) is 0 Å². The Balaban J connectivity index is 2.06. The van der Waals surface area contributed by atoms with Crippen LogP contribution in [0.1, 0.15) is 25.3 Å². The second-order valence-electron chi connectivity index (χ2n) is 5.71. The van der Waals surface area contributed by atoms with E-state index in [9.17, 15) is 4.79 Å². The molecule has 1 heterocycles. The third-order valence-electron chi connectivity index (χ3n) is 4.31. The van der Waals surface area contributed by atoms with E-state index in [0.29, 0.717) is 0 Å². The molecule has 110 valence electrons. The zero-order valence-electron chi connectivity index (χ0n) is 12.3. The molecule has 4 heteroatoms. The van der Waals surface area contributed by atoms with Gasteiger partial charge in [0.2, 0.25) is 5.91 Å². The Hall–Kier alpha value is -1.39. The van der Waals surface area contributed by atoms with Crippen LogP contribution in [0.15, 0.2) is 30.3 Å². The SMILES string of the molecule is CC(CCc1ccccc1)(C(N)=O)N1CCCNCC1. The zero-order chi connectivity index (χ0) is 14.4. The molecule has 0 bridgehead atoms. The Morgan fingerprint density at radius 3 is 2.75 bits per heavy atom. The highest BCUT2D eigenvalue weighted by molar-refractivity contribution is 5.84. The number of aryl methyl sites for hydroxylation is 1. The molecule has 1 amide bonds. The minimum atomic E-state index is -0.554. The van der Waals surface area contributed by atoms with Gasteiger partial charge in [-0.3, -0.25) is 9.69 Å². The summed E-state index contributed by atoms with van der Waals surface area (Å²) in [5.74, 6) is -0.213. The smallest absolute Gasteiger partial charge is 0.237 e. The van der Waals surface area contributed by atoms with Crippen LogP contribution in [0.2, 0.25) is 0 Å². The van der Waals surface area contributed by atoms with Crippen molar-refractivity contribution in [2.45, 2.75) is 31.7 Å². The molecule has 1 aromatic rings. The first-order chi connectivity index (χ1) is 9.63. The van der Waals surface area contributed by atoms with Crippen LogP contribution >= 0.6 is 0 Å². The summed E-state index contributed by atoms with van der Waals surface area (Å²) in [7, 11) is 0. The molecule has 1 aliphatic heterocycles. The maximum absolute atomic E-state index is 12.0. The van der Waals surface area contributed by atoms with E-state index in [2.05, 4.69) is 22.3 Å². The Kier molecular flexibility index (Phi) is 5.15. The van der Waals surface area contributed by atoms with E-state index >= 15 is 0 Å². The van der Waals surface area contributed by atoms with Gasteiger partial charge in [0, 0.05) is 19.6 Å². The van der Waals surface area contributed by atoms with Gasteiger partial charge in [-0.05, 0) is 38.3 Å². The van der Waals surface area contributed by atoms with E-state index in [1.54, 1.807) is 0 Å². The lowest BCUT2D eigenvalue weighted by Gasteiger charge is -2.38. The Morgan fingerprint density at radius 1 is 1.30 bits per heavy atom. The van der Waals surface area contributed by atoms with Crippen LogP contribution in [0.5, 0.6) is 0 Å². The first-order valence-corrected chi connectivity index (χ1v) is 7.42. The summed E-state index contributed by atoms with van der Waals surface area (Å²) in [6.45, 7) is 5.75. The average Bonchev–Trinajstić information content (AvgIpc) is 2.75. The van der Waals surface area contributed by atoms with E-state index in [-0.39, 0.29) is 5.91 Å². The van der Waals surface area contributed by atoms with Crippen LogP contribution in [0.4, 0.5) is 0 Å². The molecule has 1 aliphatic rings. The van der Waals surface area contributed by atoms with Crippen LogP contribution < -0.4 is 11.1 Å². The molecule has 1 atom stereocenters. The number of carbonyl (C=O) groups is 1. The summed E-state index contributed by atoms with van der Waals surface area (Å²) in [4.78, 5) is 14.3. The number of nitrogens with two attached hydrogens (primary N) is 1. The Bertz CT molecular complexity index is 427. The van der Waals surface area contributed by atoms with Crippen molar-refractivity contribution >= 4 is 5.91 Å². The molecule has 0 aromatic heterocycles. The van der Waals surface area contributed by atoms with Gasteiger partial charge < -0.3 is 11.1 Å². The second kappa shape index (κ2) is 6.86. The number of nitrogens with zero attached hydrogens (tertiary/aromatic N) is 1. The number of carbonyl (C=O) groups excluding carboxylic acids is 1. The van der Waals surface area contributed by atoms with Crippen LogP contribution in [-0.2, 0) is 11.2 Å². The van der Waals surface area contributed by atoms with Gasteiger partial charge in [-0.25, -0.2) is 0 Å². The molecule has 0 radical (unpaired) electrons. The normalized spacial score (nSPS) is 20.1. The molecule has 4 nitrogen and oxygen atoms in total. The van der Waals surface area contributed by atoms with Crippen LogP contribution in [0.3, 0.4) is 0 Å². The molecule has 1 aromatic carbocycles. The van der Waals surface area contributed by atoms with Crippen LogP contribution in [-0.4, -0.2) is 42.5 Å². The molecular formula is C16H25N3O. The van der Waals surface area contributed by atoms with Crippen LogP contribution in [0.25, 0.3) is 0 Å². The molecule has 2 rings (SSSR count). The summed E-state index contributed by atoms with van der Waals surface area (Å²) in [5, 5.41) is 3.37. The summed E-state index contributed by atoms with van der Waals surface area (Å²) in [6, 6.07) is 10.3. The predicted octanol–water partition coefficient (Wildman–Crippen LogP) is 1.16. The first-order valence-electron chi connectivity index (χ1n) is 7.42. The molecule has 0 aliphatic carbocycles. The molecular weight excluding hydrogens is 250 g/mol. The maximum atomic E-state index is 12.0. The maximum Gasteiger partial charge on any atom is 0.237 e. The molecule has 0 spiro atoms. The Labute approximate surface area is 121 Å². The standard InChI is InChI=1S/C16H25N3O/c1-16(15(17)20,19-12-5-10-18-11-13-19)9-8-14-6-3-2-4-7-14/h2-4,6-7,18H,5,8-13H2,1H3,(H2,17,20). The summed E-state index contributed by atoms with van der Waals surface area (Å²) in [5.41, 5.74) is 6.42. The van der Waals surface area contributed by atoms with Crippen molar-refractivity contribution in [2.75, 3.05) is 26.2 Å². The highest BCUT2D eigenvalue weighted by Gasteiger charge is 2.37. The van der Waals surface area contributed by atoms with Crippen molar-refractivity contribution in [1.82, 2.24) is 10.2 Å². The van der Waals surface area contributed by atoms with Crippen LogP contribution in [0, 0.1) is 0 Å². The zero-order valence-corrected chi connectivity index (χ0v) is 12.3. The summed E-state index contributed by atoms with van der Waals surface area (Å²) in [6.07, 6.45) is 2.71.